The number of rotatable bonds is 6. The Morgan fingerprint density at radius 3 is 2.52 bits per heavy atom. The van der Waals surface area contributed by atoms with Gasteiger partial charge in [-0.15, -0.1) is 10.2 Å². The number of hydrogen-bond acceptors (Lipinski definition) is 8. The van der Waals surface area contributed by atoms with E-state index in [-0.39, 0.29) is 6.04 Å². The lowest BCUT2D eigenvalue weighted by Crippen LogP contribution is -2.09. The summed E-state index contributed by atoms with van der Waals surface area (Å²) in [7, 11) is 0. The van der Waals surface area contributed by atoms with Crippen molar-refractivity contribution in [3.8, 4) is 11.4 Å². The lowest BCUT2D eigenvalue weighted by Gasteiger charge is -2.15. The summed E-state index contributed by atoms with van der Waals surface area (Å²) in [6.07, 6.45) is 7.25. The number of nitrogens with one attached hydrogen (secondary N) is 1. The van der Waals surface area contributed by atoms with Gasteiger partial charge in [-0.05, 0) is 50.5 Å². The van der Waals surface area contributed by atoms with Gasteiger partial charge in [-0.25, -0.2) is 19.9 Å². The van der Waals surface area contributed by atoms with E-state index < -0.39 is 0 Å². The van der Waals surface area contributed by atoms with Crippen molar-refractivity contribution in [1.82, 2.24) is 30.1 Å². The van der Waals surface area contributed by atoms with Crippen LogP contribution in [0.15, 0.2) is 30.9 Å². The van der Waals surface area contributed by atoms with E-state index in [1.54, 1.807) is 17.7 Å². The largest absolute Gasteiger partial charge is 0.360 e. The van der Waals surface area contributed by atoms with Crippen LogP contribution in [0.1, 0.15) is 47.5 Å². The maximum atomic E-state index is 4.58. The number of aryl methyl sites for hydroxylation is 3. The molecule has 3 heterocycles. The Morgan fingerprint density at radius 1 is 1.03 bits per heavy atom. The van der Waals surface area contributed by atoms with Crippen LogP contribution in [0.5, 0.6) is 0 Å². The van der Waals surface area contributed by atoms with Gasteiger partial charge in [0, 0.05) is 23.3 Å². The molecule has 4 aromatic rings. The van der Waals surface area contributed by atoms with E-state index in [1.165, 1.54) is 5.56 Å². The van der Waals surface area contributed by atoms with Gasteiger partial charge in [-0.2, -0.15) is 0 Å². The molecular formula is C21H23N7S. The summed E-state index contributed by atoms with van der Waals surface area (Å²) in [5.74, 6) is 1.49. The molecule has 0 aliphatic carbocycles. The van der Waals surface area contributed by atoms with Crippen LogP contribution >= 0.6 is 11.3 Å². The van der Waals surface area contributed by atoms with E-state index in [4.69, 9.17) is 0 Å². The van der Waals surface area contributed by atoms with Crippen LogP contribution in [0.3, 0.4) is 0 Å². The first-order valence-corrected chi connectivity index (χ1v) is 10.5. The van der Waals surface area contributed by atoms with Crippen LogP contribution in [0, 0.1) is 13.8 Å². The second-order valence-corrected chi connectivity index (χ2v) is 8.33. The first-order chi connectivity index (χ1) is 14.0. The molecule has 3 aromatic heterocycles. The molecule has 4 rings (SSSR count). The molecule has 0 aliphatic rings. The third kappa shape index (κ3) is 4.07. The molecule has 0 amide bonds. The quantitative estimate of drug-likeness (QED) is 0.498. The Balaban J connectivity index is 1.81. The molecule has 0 radical (unpaired) electrons. The number of benzene rings is 1. The van der Waals surface area contributed by atoms with Crippen LogP contribution < -0.4 is 5.32 Å². The molecule has 0 saturated carbocycles. The monoisotopic (exact) mass is 405 g/mol. The van der Waals surface area contributed by atoms with E-state index in [0.29, 0.717) is 5.82 Å². The second kappa shape index (κ2) is 8.16. The normalized spacial score (nSPS) is 12.3. The summed E-state index contributed by atoms with van der Waals surface area (Å²) >= 11 is 1.58. The maximum absolute atomic E-state index is 4.58. The van der Waals surface area contributed by atoms with Gasteiger partial charge >= 0.3 is 0 Å². The van der Waals surface area contributed by atoms with Gasteiger partial charge in [0.1, 0.15) is 22.2 Å². The zero-order valence-electron chi connectivity index (χ0n) is 17.0. The molecule has 0 bridgehead atoms. The van der Waals surface area contributed by atoms with Crippen molar-refractivity contribution in [1.29, 1.82) is 0 Å². The molecule has 0 spiro atoms. The number of aromatic nitrogens is 6. The van der Waals surface area contributed by atoms with Gasteiger partial charge < -0.3 is 5.32 Å². The smallest absolute Gasteiger partial charge is 0.159 e. The van der Waals surface area contributed by atoms with Crippen LogP contribution in [0.25, 0.3) is 22.3 Å². The average molecular weight is 406 g/mol. The summed E-state index contributed by atoms with van der Waals surface area (Å²) in [4.78, 5) is 18.1. The molecule has 7 nitrogen and oxygen atoms in total. The zero-order valence-corrected chi connectivity index (χ0v) is 17.8. The van der Waals surface area contributed by atoms with Crippen molar-refractivity contribution >= 4 is 28.1 Å². The molecule has 0 aliphatic heterocycles. The van der Waals surface area contributed by atoms with Crippen molar-refractivity contribution in [3.05, 3.63) is 52.0 Å². The minimum atomic E-state index is -0.00629. The molecule has 1 aromatic carbocycles. The fourth-order valence-corrected chi connectivity index (χ4v) is 3.94. The number of anilines is 1. The Hall–Kier alpha value is -3.00. The van der Waals surface area contributed by atoms with Crippen LogP contribution in [0.4, 0.5) is 5.82 Å². The van der Waals surface area contributed by atoms with E-state index >= 15 is 0 Å². The highest BCUT2D eigenvalue weighted by atomic mass is 32.1. The van der Waals surface area contributed by atoms with E-state index in [2.05, 4.69) is 61.4 Å². The highest BCUT2D eigenvalue weighted by molar-refractivity contribution is 7.11. The highest BCUT2D eigenvalue weighted by Gasteiger charge is 2.16. The molecule has 1 unspecified atom stereocenters. The van der Waals surface area contributed by atoms with Crippen LogP contribution in [0.2, 0.25) is 0 Å². The third-order valence-corrected chi connectivity index (χ3v) is 5.66. The predicted octanol–water partition coefficient (Wildman–Crippen LogP) is 4.68. The van der Waals surface area contributed by atoms with E-state index in [1.807, 2.05) is 26.2 Å². The summed E-state index contributed by atoms with van der Waals surface area (Å²) in [5.41, 5.74) is 4.14. The second-order valence-electron chi connectivity index (χ2n) is 7.11. The molecule has 0 saturated heterocycles. The lowest BCUT2D eigenvalue weighted by atomic mass is 10.0. The number of hydrogen-bond donors (Lipinski definition) is 1. The van der Waals surface area contributed by atoms with Gasteiger partial charge in [0.15, 0.2) is 5.82 Å². The Bertz CT molecular complexity index is 1140. The third-order valence-electron chi connectivity index (χ3n) is 4.64. The first kappa shape index (κ1) is 19.3. The summed E-state index contributed by atoms with van der Waals surface area (Å²) in [6.45, 7) is 8.17. The summed E-state index contributed by atoms with van der Waals surface area (Å²) in [6, 6.07) is 4.21. The van der Waals surface area contributed by atoms with Crippen molar-refractivity contribution in [2.45, 2.75) is 46.6 Å². The zero-order chi connectivity index (χ0) is 20.4. The van der Waals surface area contributed by atoms with E-state index in [9.17, 15) is 0 Å². The molecule has 8 heteroatoms. The van der Waals surface area contributed by atoms with Gasteiger partial charge in [0.2, 0.25) is 0 Å². The standard InChI is InChI=1S/C21H23N7S/c1-5-6-15-7-16(19-22-9-12(2)10-23-19)8-17-18(15)24-11-25-20(17)26-13(3)21-28-27-14(4)29-21/h7-11,13H,5-6H2,1-4H3,(H,24,25,26). The highest BCUT2D eigenvalue weighted by Crippen LogP contribution is 2.31. The first-order valence-electron chi connectivity index (χ1n) is 9.68. The summed E-state index contributed by atoms with van der Waals surface area (Å²) in [5, 5.41) is 14.7. The maximum Gasteiger partial charge on any atom is 0.159 e. The fourth-order valence-electron chi connectivity index (χ4n) is 3.24. The minimum Gasteiger partial charge on any atom is -0.360 e. The van der Waals surface area contributed by atoms with Crippen molar-refractivity contribution < 1.29 is 0 Å². The van der Waals surface area contributed by atoms with Crippen molar-refractivity contribution in [2.75, 3.05) is 5.32 Å². The van der Waals surface area contributed by atoms with Crippen molar-refractivity contribution in [3.63, 3.8) is 0 Å². The minimum absolute atomic E-state index is 0.00629. The SMILES string of the molecule is CCCc1cc(-c2ncc(C)cn2)cc2c(NC(C)c3nnc(C)s3)ncnc12. The topological polar surface area (TPSA) is 89.4 Å². The lowest BCUT2D eigenvalue weighted by molar-refractivity contribution is 0.830. The average Bonchev–Trinajstić information content (AvgIpc) is 3.16. The van der Waals surface area contributed by atoms with Gasteiger partial charge in [0.25, 0.3) is 0 Å². The van der Waals surface area contributed by atoms with Gasteiger partial charge in [-0.3, -0.25) is 0 Å². The predicted molar refractivity (Wildman–Crippen MR) is 116 cm³/mol. The van der Waals surface area contributed by atoms with E-state index in [0.717, 1.165) is 50.7 Å². The number of nitrogens with zero attached hydrogens (tertiary/aromatic N) is 6. The molecule has 29 heavy (non-hydrogen) atoms. The van der Waals surface area contributed by atoms with Gasteiger partial charge in [0.05, 0.1) is 11.6 Å². The van der Waals surface area contributed by atoms with Crippen LogP contribution in [-0.4, -0.2) is 30.1 Å². The molecule has 0 fully saturated rings. The molecular weight excluding hydrogens is 382 g/mol. The molecule has 1 atom stereocenters. The van der Waals surface area contributed by atoms with Gasteiger partial charge in [-0.1, -0.05) is 24.7 Å². The summed E-state index contributed by atoms with van der Waals surface area (Å²) < 4.78 is 0. The van der Waals surface area contributed by atoms with Crippen molar-refractivity contribution in [2.24, 2.45) is 0 Å². The van der Waals surface area contributed by atoms with Crippen LogP contribution in [-0.2, 0) is 6.42 Å². The Morgan fingerprint density at radius 2 is 1.83 bits per heavy atom. The Labute approximate surface area is 173 Å². The number of fused-ring (bicyclic) bond motifs is 1. The molecule has 1 N–H and O–H groups in total. The molecule has 148 valence electrons. The fraction of sp³-hybridized carbons (Fsp3) is 0.333. The Kier molecular flexibility index (Phi) is 5.44.